The molecule has 0 saturated heterocycles. The van der Waals surface area contributed by atoms with Crippen LogP contribution in [0.15, 0.2) is 73.1 Å². The van der Waals surface area contributed by atoms with Gasteiger partial charge in [-0.15, -0.1) is 0 Å². The number of nitrogens with one attached hydrogen (secondary N) is 1. The molecule has 0 radical (unpaired) electrons. The topological polar surface area (TPSA) is 80.9 Å². The predicted octanol–water partition coefficient (Wildman–Crippen LogP) is 2.78. The fraction of sp³-hybridized carbons (Fsp3) is 0.0556. The molecule has 23 heavy (non-hydrogen) atoms. The molecule has 0 spiro atoms. The van der Waals surface area contributed by atoms with E-state index in [9.17, 15) is 4.79 Å². The number of rotatable bonds is 5. The molecule has 1 amide bonds. The van der Waals surface area contributed by atoms with Gasteiger partial charge in [-0.1, -0.05) is 60.7 Å². The first-order valence-corrected chi connectivity index (χ1v) is 7.22. The Morgan fingerprint density at radius 3 is 2.00 bits per heavy atom. The number of hydrogen-bond donors (Lipinski definition) is 2. The van der Waals surface area contributed by atoms with Gasteiger partial charge in [0.2, 0.25) is 0 Å². The highest BCUT2D eigenvalue weighted by molar-refractivity contribution is 5.90. The summed E-state index contributed by atoms with van der Waals surface area (Å²) in [5.41, 5.74) is 7.58. The summed E-state index contributed by atoms with van der Waals surface area (Å²) >= 11 is 0. The first kappa shape index (κ1) is 14.7. The second kappa shape index (κ2) is 6.70. The molecule has 1 heterocycles. The van der Waals surface area contributed by atoms with E-state index in [1.165, 1.54) is 6.20 Å². The van der Waals surface area contributed by atoms with Crippen LogP contribution in [0.5, 0.6) is 0 Å². The zero-order valence-electron chi connectivity index (χ0n) is 12.4. The van der Waals surface area contributed by atoms with Crippen LogP contribution in [-0.2, 0) is 0 Å². The van der Waals surface area contributed by atoms with E-state index in [0.29, 0.717) is 5.82 Å². The summed E-state index contributed by atoms with van der Waals surface area (Å²) in [4.78, 5) is 19.5. The van der Waals surface area contributed by atoms with Crippen LogP contribution < -0.4 is 11.1 Å². The third-order valence-electron chi connectivity index (χ3n) is 3.45. The van der Waals surface area contributed by atoms with Crippen molar-refractivity contribution in [2.75, 3.05) is 5.32 Å². The third-order valence-corrected chi connectivity index (χ3v) is 3.45. The van der Waals surface area contributed by atoms with Crippen LogP contribution >= 0.6 is 0 Å². The molecular weight excluding hydrogens is 288 g/mol. The Kier molecular flexibility index (Phi) is 4.29. The van der Waals surface area contributed by atoms with Crippen molar-refractivity contribution >= 4 is 11.7 Å². The molecule has 0 aliphatic carbocycles. The lowest BCUT2D eigenvalue weighted by Gasteiger charge is -2.20. The number of hydrogen-bond acceptors (Lipinski definition) is 4. The Hall–Kier alpha value is -3.21. The highest BCUT2D eigenvalue weighted by atomic mass is 16.1. The second-order valence-corrected chi connectivity index (χ2v) is 5.05. The summed E-state index contributed by atoms with van der Waals surface area (Å²) in [5.74, 6) is -0.101. The van der Waals surface area contributed by atoms with Crippen molar-refractivity contribution in [3.05, 3.63) is 89.9 Å². The van der Waals surface area contributed by atoms with Gasteiger partial charge in [0.1, 0.15) is 11.5 Å². The maximum Gasteiger partial charge on any atom is 0.268 e. The van der Waals surface area contributed by atoms with E-state index in [-0.39, 0.29) is 11.7 Å². The highest BCUT2D eigenvalue weighted by Gasteiger charge is 2.15. The molecule has 5 heteroatoms. The Bertz CT molecular complexity index is 751. The standard InChI is InChI=1S/C18H16N4O/c19-18(23)15-11-20-12-16(21-15)22-17(13-7-3-1-4-8-13)14-9-5-2-6-10-14/h1-12,17H,(H2,19,23)(H,21,22). The van der Waals surface area contributed by atoms with Gasteiger partial charge in [0.15, 0.2) is 0 Å². The number of carbonyl (C=O) groups excluding carboxylic acids is 1. The van der Waals surface area contributed by atoms with Crippen molar-refractivity contribution in [2.45, 2.75) is 6.04 Å². The molecule has 0 bridgehead atoms. The van der Waals surface area contributed by atoms with Gasteiger partial charge in [-0.2, -0.15) is 0 Å². The average Bonchev–Trinajstić information content (AvgIpc) is 2.61. The van der Waals surface area contributed by atoms with E-state index < -0.39 is 5.91 Å². The van der Waals surface area contributed by atoms with Crippen LogP contribution in [0.2, 0.25) is 0 Å². The molecule has 0 aliphatic heterocycles. The summed E-state index contributed by atoms with van der Waals surface area (Å²) in [6, 6.07) is 19.9. The summed E-state index contributed by atoms with van der Waals surface area (Å²) in [6.07, 6.45) is 2.93. The molecule has 5 nitrogen and oxygen atoms in total. The number of nitrogens with zero attached hydrogens (tertiary/aromatic N) is 2. The number of nitrogens with two attached hydrogens (primary N) is 1. The lowest BCUT2D eigenvalue weighted by Crippen LogP contribution is -2.17. The molecule has 0 aliphatic rings. The van der Waals surface area contributed by atoms with Crippen molar-refractivity contribution in [2.24, 2.45) is 5.73 Å². The van der Waals surface area contributed by atoms with E-state index in [1.54, 1.807) is 6.20 Å². The summed E-state index contributed by atoms with van der Waals surface area (Å²) in [6.45, 7) is 0. The van der Waals surface area contributed by atoms with Gasteiger partial charge in [0.05, 0.1) is 18.4 Å². The van der Waals surface area contributed by atoms with Crippen LogP contribution in [0, 0.1) is 0 Å². The molecule has 3 rings (SSSR count). The first-order chi connectivity index (χ1) is 11.2. The molecule has 0 unspecified atom stereocenters. The van der Waals surface area contributed by atoms with Crippen LogP contribution in [0.25, 0.3) is 0 Å². The minimum absolute atomic E-state index is 0.102. The van der Waals surface area contributed by atoms with Gasteiger partial charge in [-0.05, 0) is 11.1 Å². The largest absolute Gasteiger partial charge is 0.364 e. The molecule has 0 atom stereocenters. The smallest absolute Gasteiger partial charge is 0.268 e. The first-order valence-electron chi connectivity index (χ1n) is 7.22. The van der Waals surface area contributed by atoms with Gasteiger partial charge >= 0.3 is 0 Å². The summed E-state index contributed by atoms with van der Waals surface area (Å²) in [5, 5.41) is 3.33. The van der Waals surface area contributed by atoms with Crippen LogP contribution in [0.3, 0.4) is 0 Å². The van der Waals surface area contributed by atoms with Crippen LogP contribution in [0.1, 0.15) is 27.7 Å². The molecule has 0 saturated carbocycles. The number of anilines is 1. The van der Waals surface area contributed by atoms with Crippen molar-refractivity contribution in [1.82, 2.24) is 9.97 Å². The predicted molar refractivity (Wildman–Crippen MR) is 88.9 cm³/mol. The quantitative estimate of drug-likeness (QED) is 0.759. The maximum atomic E-state index is 11.3. The van der Waals surface area contributed by atoms with Gasteiger partial charge in [0.25, 0.3) is 5.91 Å². The second-order valence-electron chi connectivity index (χ2n) is 5.05. The Morgan fingerprint density at radius 2 is 1.48 bits per heavy atom. The highest BCUT2D eigenvalue weighted by Crippen LogP contribution is 2.25. The number of primary amides is 1. The molecule has 2 aromatic carbocycles. The molecular formula is C18H16N4O. The SMILES string of the molecule is NC(=O)c1cncc(NC(c2ccccc2)c2ccccc2)n1. The summed E-state index contributed by atoms with van der Waals surface area (Å²) in [7, 11) is 0. The van der Waals surface area contributed by atoms with Crippen molar-refractivity contribution in [3.63, 3.8) is 0 Å². The molecule has 0 fully saturated rings. The Balaban J connectivity index is 1.97. The average molecular weight is 304 g/mol. The van der Waals surface area contributed by atoms with Crippen LogP contribution in [-0.4, -0.2) is 15.9 Å². The van der Waals surface area contributed by atoms with E-state index in [2.05, 4.69) is 15.3 Å². The molecule has 1 aromatic heterocycles. The van der Waals surface area contributed by atoms with Gasteiger partial charge in [-0.3, -0.25) is 9.78 Å². The van der Waals surface area contributed by atoms with Gasteiger partial charge in [-0.25, -0.2) is 4.98 Å². The van der Waals surface area contributed by atoms with Crippen molar-refractivity contribution in [1.29, 1.82) is 0 Å². The minimum atomic E-state index is -0.600. The van der Waals surface area contributed by atoms with Crippen molar-refractivity contribution in [3.8, 4) is 0 Å². The number of aromatic nitrogens is 2. The minimum Gasteiger partial charge on any atom is -0.364 e. The molecule has 3 N–H and O–H groups in total. The fourth-order valence-electron chi connectivity index (χ4n) is 2.35. The van der Waals surface area contributed by atoms with E-state index >= 15 is 0 Å². The Labute approximate surface area is 134 Å². The molecule has 114 valence electrons. The van der Waals surface area contributed by atoms with Gasteiger partial charge < -0.3 is 11.1 Å². The monoisotopic (exact) mass is 304 g/mol. The van der Waals surface area contributed by atoms with Crippen LogP contribution in [0.4, 0.5) is 5.82 Å². The molecule has 3 aromatic rings. The summed E-state index contributed by atoms with van der Waals surface area (Å²) < 4.78 is 0. The number of benzene rings is 2. The fourth-order valence-corrected chi connectivity index (χ4v) is 2.35. The maximum absolute atomic E-state index is 11.3. The number of amides is 1. The lowest BCUT2D eigenvalue weighted by atomic mass is 9.99. The van der Waals surface area contributed by atoms with E-state index in [0.717, 1.165) is 11.1 Å². The van der Waals surface area contributed by atoms with Gasteiger partial charge in [0, 0.05) is 0 Å². The third kappa shape index (κ3) is 3.52. The van der Waals surface area contributed by atoms with Crippen molar-refractivity contribution < 1.29 is 4.79 Å². The number of carbonyl (C=O) groups is 1. The van der Waals surface area contributed by atoms with E-state index in [1.807, 2.05) is 60.7 Å². The van der Waals surface area contributed by atoms with E-state index in [4.69, 9.17) is 5.73 Å². The zero-order valence-corrected chi connectivity index (χ0v) is 12.4. The lowest BCUT2D eigenvalue weighted by molar-refractivity contribution is 0.0995. The Morgan fingerprint density at radius 1 is 0.913 bits per heavy atom. The normalized spacial score (nSPS) is 10.5. The zero-order chi connectivity index (χ0) is 16.1.